The van der Waals surface area contributed by atoms with E-state index >= 15 is 0 Å². The van der Waals surface area contributed by atoms with Crippen LogP contribution in [0.25, 0.3) is 11.3 Å². The molecule has 0 bridgehead atoms. The van der Waals surface area contributed by atoms with Crippen molar-refractivity contribution in [3.8, 4) is 17.0 Å². The first-order chi connectivity index (χ1) is 9.43. The predicted octanol–water partition coefficient (Wildman–Crippen LogP) is 2.95. The summed E-state index contributed by atoms with van der Waals surface area (Å²) in [4.78, 5) is 0. The van der Waals surface area contributed by atoms with Gasteiger partial charge in [0.2, 0.25) is 0 Å². The maximum Gasteiger partial charge on any atom is 0.170 e. The Balaban J connectivity index is 1.91. The number of rotatable bonds is 1. The van der Waals surface area contributed by atoms with E-state index in [1.165, 1.54) is 0 Å². The molecule has 19 heavy (non-hydrogen) atoms. The van der Waals surface area contributed by atoms with E-state index in [-0.39, 0.29) is 6.10 Å². The first-order valence-electron chi connectivity index (χ1n) is 6.15. The number of H-pyrrole nitrogens is 1. The van der Waals surface area contributed by atoms with Gasteiger partial charge in [0.1, 0.15) is 17.1 Å². The second-order valence-corrected chi connectivity index (χ2v) is 4.46. The zero-order chi connectivity index (χ0) is 12.7. The zero-order valence-corrected chi connectivity index (χ0v) is 10.1. The SMILES string of the molecule is c1ccc(C2Oc3ccccc3-c3n[nH]nc32)cc1. The normalized spacial score (nSPS) is 16.3. The van der Waals surface area contributed by atoms with Gasteiger partial charge in [-0.3, -0.25) is 0 Å². The van der Waals surface area contributed by atoms with Gasteiger partial charge in [0.15, 0.2) is 6.10 Å². The minimum absolute atomic E-state index is 0.204. The van der Waals surface area contributed by atoms with Crippen LogP contribution in [-0.2, 0) is 0 Å². The molecule has 1 aliphatic rings. The zero-order valence-electron chi connectivity index (χ0n) is 10.1. The van der Waals surface area contributed by atoms with E-state index in [4.69, 9.17) is 4.74 Å². The first kappa shape index (κ1) is 10.3. The second kappa shape index (κ2) is 3.95. The molecule has 1 atom stereocenters. The molecule has 0 saturated heterocycles. The van der Waals surface area contributed by atoms with Crippen LogP contribution < -0.4 is 4.74 Å². The molecule has 0 radical (unpaired) electrons. The van der Waals surface area contributed by atoms with Gasteiger partial charge in [-0.1, -0.05) is 42.5 Å². The van der Waals surface area contributed by atoms with E-state index in [2.05, 4.69) is 15.4 Å². The lowest BCUT2D eigenvalue weighted by Crippen LogP contribution is -2.15. The Morgan fingerprint density at radius 2 is 1.68 bits per heavy atom. The van der Waals surface area contributed by atoms with Crippen molar-refractivity contribution in [2.75, 3.05) is 0 Å². The maximum atomic E-state index is 6.08. The summed E-state index contributed by atoms with van der Waals surface area (Å²) in [6, 6.07) is 18.0. The van der Waals surface area contributed by atoms with Gasteiger partial charge in [0.25, 0.3) is 0 Å². The number of hydrogen-bond donors (Lipinski definition) is 1. The van der Waals surface area contributed by atoms with Gasteiger partial charge >= 0.3 is 0 Å². The minimum atomic E-state index is -0.204. The quantitative estimate of drug-likeness (QED) is 0.721. The van der Waals surface area contributed by atoms with Crippen molar-refractivity contribution in [1.82, 2.24) is 15.4 Å². The van der Waals surface area contributed by atoms with Crippen molar-refractivity contribution in [3.05, 3.63) is 65.9 Å². The minimum Gasteiger partial charge on any atom is -0.478 e. The van der Waals surface area contributed by atoms with Gasteiger partial charge in [-0.2, -0.15) is 15.4 Å². The van der Waals surface area contributed by atoms with Crippen LogP contribution >= 0.6 is 0 Å². The topological polar surface area (TPSA) is 50.8 Å². The summed E-state index contributed by atoms with van der Waals surface area (Å²) in [6.45, 7) is 0. The first-order valence-corrected chi connectivity index (χ1v) is 6.15. The molecular formula is C15H11N3O. The molecule has 0 spiro atoms. The number of aromatic nitrogens is 3. The summed E-state index contributed by atoms with van der Waals surface area (Å²) < 4.78 is 6.08. The van der Waals surface area contributed by atoms with Crippen molar-refractivity contribution < 1.29 is 4.74 Å². The summed E-state index contributed by atoms with van der Waals surface area (Å²) >= 11 is 0. The molecule has 1 N–H and O–H groups in total. The van der Waals surface area contributed by atoms with Crippen LogP contribution in [0.3, 0.4) is 0 Å². The van der Waals surface area contributed by atoms with Crippen molar-refractivity contribution >= 4 is 0 Å². The smallest absolute Gasteiger partial charge is 0.170 e. The van der Waals surface area contributed by atoms with Crippen LogP contribution in [0.5, 0.6) is 5.75 Å². The van der Waals surface area contributed by atoms with Gasteiger partial charge in [-0.15, -0.1) is 0 Å². The lowest BCUT2D eigenvalue weighted by molar-refractivity contribution is 0.238. The largest absolute Gasteiger partial charge is 0.478 e. The Labute approximate surface area is 110 Å². The molecule has 92 valence electrons. The molecule has 0 fully saturated rings. The van der Waals surface area contributed by atoms with Crippen molar-refractivity contribution in [2.45, 2.75) is 6.10 Å². The molecule has 3 aromatic rings. The predicted molar refractivity (Wildman–Crippen MR) is 70.7 cm³/mol. The maximum absolute atomic E-state index is 6.08. The van der Waals surface area contributed by atoms with E-state index in [9.17, 15) is 0 Å². The molecule has 1 unspecified atom stereocenters. The summed E-state index contributed by atoms with van der Waals surface area (Å²) in [5.41, 5.74) is 3.77. The Morgan fingerprint density at radius 3 is 2.58 bits per heavy atom. The number of aromatic amines is 1. The van der Waals surface area contributed by atoms with Crippen molar-refractivity contribution in [3.63, 3.8) is 0 Å². The third kappa shape index (κ3) is 1.53. The van der Waals surface area contributed by atoms with Gasteiger partial charge in [-0.25, -0.2) is 0 Å². The number of nitrogens with zero attached hydrogens (tertiary/aromatic N) is 2. The third-order valence-corrected chi connectivity index (χ3v) is 3.31. The van der Waals surface area contributed by atoms with E-state index in [1.54, 1.807) is 0 Å². The van der Waals surface area contributed by atoms with E-state index in [0.29, 0.717) is 0 Å². The molecule has 4 nitrogen and oxygen atoms in total. The molecular weight excluding hydrogens is 238 g/mol. The van der Waals surface area contributed by atoms with Gasteiger partial charge in [0, 0.05) is 5.56 Å². The van der Waals surface area contributed by atoms with Crippen LogP contribution in [0.2, 0.25) is 0 Å². The van der Waals surface area contributed by atoms with E-state index < -0.39 is 0 Å². The highest BCUT2D eigenvalue weighted by atomic mass is 16.5. The fraction of sp³-hybridized carbons (Fsp3) is 0.0667. The summed E-state index contributed by atoms with van der Waals surface area (Å²) in [6.07, 6.45) is -0.204. The average Bonchev–Trinajstić information content (AvgIpc) is 2.97. The highest BCUT2D eigenvalue weighted by Crippen LogP contribution is 2.42. The molecule has 0 saturated carbocycles. The standard InChI is InChI=1S/C15H11N3O/c1-2-6-10(7-3-1)15-14-13(16-18-17-14)11-8-4-5-9-12(11)19-15/h1-9,15H,(H,16,17,18). The van der Waals surface area contributed by atoms with Crippen LogP contribution in [0.4, 0.5) is 0 Å². The number of nitrogens with one attached hydrogen (secondary N) is 1. The van der Waals surface area contributed by atoms with Crippen molar-refractivity contribution in [1.29, 1.82) is 0 Å². The van der Waals surface area contributed by atoms with Gasteiger partial charge in [0.05, 0.1) is 0 Å². The Morgan fingerprint density at radius 1 is 0.895 bits per heavy atom. The molecule has 2 heterocycles. The number of fused-ring (bicyclic) bond motifs is 3. The van der Waals surface area contributed by atoms with Gasteiger partial charge in [-0.05, 0) is 17.7 Å². The van der Waals surface area contributed by atoms with E-state index in [0.717, 1.165) is 28.3 Å². The fourth-order valence-corrected chi connectivity index (χ4v) is 2.42. The number of para-hydroxylation sites is 1. The molecule has 1 aromatic heterocycles. The second-order valence-electron chi connectivity index (χ2n) is 4.46. The van der Waals surface area contributed by atoms with E-state index in [1.807, 2.05) is 54.6 Å². The molecule has 1 aliphatic heterocycles. The van der Waals surface area contributed by atoms with Crippen LogP contribution in [-0.4, -0.2) is 15.4 Å². The fourth-order valence-electron chi connectivity index (χ4n) is 2.42. The lowest BCUT2D eigenvalue weighted by atomic mass is 9.98. The van der Waals surface area contributed by atoms with Gasteiger partial charge < -0.3 is 4.74 Å². The summed E-state index contributed by atoms with van der Waals surface area (Å²) in [5.74, 6) is 0.845. The van der Waals surface area contributed by atoms with Crippen LogP contribution in [0.15, 0.2) is 54.6 Å². The van der Waals surface area contributed by atoms with Crippen molar-refractivity contribution in [2.24, 2.45) is 0 Å². The lowest BCUT2D eigenvalue weighted by Gasteiger charge is -2.24. The summed E-state index contributed by atoms with van der Waals surface area (Å²) in [5, 5.41) is 11.2. The van der Waals surface area contributed by atoms with Crippen LogP contribution in [0.1, 0.15) is 17.4 Å². The third-order valence-electron chi connectivity index (χ3n) is 3.31. The molecule has 0 aliphatic carbocycles. The summed E-state index contributed by atoms with van der Waals surface area (Å²) in [7, 11) is 0. The Hall–Kier alpha value is -2.62. The monoisotopic (exact) mass is 249 g/mol. The molecule has 0 amide bonds. The number of benzene rings is 2. The number of ether oxygens (including phenoxy) is 1. The number of hydrogen-bond acceptors (Lipinski definition) is 3. The molecule has 2 aromatic carbocycles. The highest BCUT2D eigenvalue weighted by molar-refractivity contribution is 5.71. The molecule has 4 heteroatoms. The Kier molecular flexibility index (Phi) is 2.14. The van der Waals surface area contributed by atoms with Crippen LogP contribution in [0, 0.1) is 0 Å². The Bertz CT molecular complexity index is 721. The average molecular weight is 249 g/mol. The highest BCUT2D eigenvalue weighted by Gasteiger charge is 2.30. The molecule has 4 rings (SSSR count).